The van der Waals surface area contributed by atoms with Crippen molar-refractivity contribution in [3.8, 4) is 5.75 Å². The van der Waals surface area contributed by atoms with Crippen LogP contribution in [0.2, 0.25) is 0 Å². The molecule has 8 heterocycles. The summed E-state index contributed by atoms with van der Waals surface area (Å²) in [7, 11) is 0. The van der Waals surface area contributed by atoms with Crippen molar-refractivity contribution in [3.63, 3.8) is 0 Å². The minimum atomic E-state index is -0.493. The Morgan fingerprint density at radius 1 is 0.357 bits per heavy atom. The number of amides is 3. The zero-order valence-corrected chi connectivity index (χ0v) is 65.6. The predicted molar refractivity (Wildman–Crippen MR) is 463 cm³/mol. The number of hydrogen-bond donors (Lipinski definition) is 8. The summed E-state index contributed by atoms with van der Waals surface area (Å²) in [6.07, 6.45) is -1.79. The number of nitrogens with one attached hydrogen (secondary N) is 3. The molecule has 3 amide bonds. The van der Waals surface area contributed by atoms with E-state index in [0.29, 0.717) is 84.3 Å². The van der Waals surface area contributed by atoms with Crippen molar-refractivity contribution in [2.75, 3.05) is 149 Å². The van der Waals surface area contributed by atoms with Crippen LogP contribution in [0.3, 0.4) is 0 Å². The van der Waals surface area contributed by atoms with Gasteiger partial charge in [-0.15, -0.1) is 0 Å². The highest BCUT2D eigenvalue weighted by atomic mass is 16.5. The minimum Gasteiger partial charge on any atom is -0.484 e. The van der Waals surface area contributed by atoms with Gasteiger partial charge in [0.05, 0.1) is 50.6 Å². The molecule has 0 radical (unpaired) electrons. The first-order valence-electron chi connectivity index (χ1n) is 40.5. The maximum Gasteiger partial charge on any atom is 0.260 e. The number of aliphatic hydroxyl groups excluding tert-OH is 4. The van der Waals surface area contributed by atoms with Crippen LogP contribution in [0.15, 0.2) is 243 Å². The highest BCUT2D eigenvalue weighted by molar-refractivity contribution is 6.12. The fourth-order valence-electron chi connectivity index (χ4n) is 17.1. The number of anilines is 2. The number of carbonyl (C=O) groups is 3. The zero-order valence-electron chi connectivity index (χ0n) is 65.6. The first-order valence-corrected chi connectivity index (χ1v) is 40.5. The number of nitrogens with zero attached hydrogens (tertiary/aromatic N) is 10. The van der Waals surface area contributed by atoms with E-state index in [2.05, 4.69) is 157 Å². The second kappa shape index (κ2) is 37.5. The molecule has 0 spiro atoms. The molecular formula is C93H106N14O8. The van der Waals surface area contributed by atoms with Crippen LogP contribution in [0, 0.1) is 0 Å². The second-order valence-electron chi connectivity index (χ2n) is 30.7. The van der Waals surface area contributed by atoms with E-state index in [-0.39, 0.29) is 30.4 Å². The van der Waals surface area contributed by atoms with Crippen LogP contribution in [0.25, 0.3) is 87.2 Å². The Balaban J connectivity index is 0.000000121. The van der Waals surface area contributed by atoms with Gasteiger partial charge in [0.2, 0.25) is 5.91 Å². The molecule has 4 saturated heterocycles. The average molecular weight is 1550 g/mol. The summed E-state index contributed by atoms with van der Waals surface area (Å²) in [5.41, 5.74) is 17.3. The van der Waals surface area contributed by atoms with Crippen molar-refractivity contribution in [2.24, 2.45) is 0 Å². The molecule has 0 bridgehead atoms. The minimum absolute atomic E-state index is 0.00401. The Bertz CT molecular complexity index is 5500. The molecule has 9 N–H and O–H groups in total. The number of fused-ring (bicyclic) bond motifs is 12. The lowest BCUT2D eigenvalue weighted by Gasteiger charge is -2.35. The van der Waals surface area contributed by atoms with Crippen molar-refractivity contribution < 1.29 is 39.5 Å². The molecule has 22 nitrogen and oxygen atoms in total. The molecule has 10 aromatic carbocycles. The molecule has 0 aliphatic carbocycles. The summed E-state index contributed by atoms with van der Waals surface area (Å²) in [6, 6.07) is 80.8. The molecule has 4 fully saturated rings. The Morgan fingerprint density at radius 2 is 0.670 bits per heavy atom. The van der Waals surface area contributed by atoms with E-state index in [4.69, 9.17) is 10.5 Å². The van der Waals surface area contributed by atoms with Crippen LogP contribution in [0.1, 0.15) is 17.3 Å². The summed E-state index contributed by atoms with van der Waals surface area (Å²) in [5, 5.41) is 62.2. The number of para-hydroxylation sites is 7. The Labute approximate surface area is 670 Å². The first-order chi connectivity index (χ1) is 56.2. The third kappa shape index (κ3) is 19.2. The van der Waals surface area contributed by atoms with Gasteiger partial charge in [-0.1, -0.05) is 146 Å². The van der Waals surface area contributed by atoms with E-state index >= 15 is 0 Å². The molecule has 596 valence electrons. The van der Waals surface area contributed by atoms with Gasteiger partial charge >= 0.3 is 0 Å². The summed E-state index contributed by atoms with van der Waals surface area (Å²) in [6.45, 7) is 20.1. The standard InChI is InChI=1S/C27H29N3O3.C26H27N3O2.C21H26N4O2.C19H24N4O/c31-21(19-30-25-12-6-4-10-23(25)24-11-5-7-13-26(24)30)18-28-14-16-29(17-15-28)27(32)20-33-22-8-2-1-3-9-22;30-21(18-27-14-16-28(17-15-27)26(31)20-8-2-1-3-9-20)19-29-24-12-6-4-10-22(24)23-11-5-7-13-25(23)29;1-15(26)23-16-6-7-21-19(12-16)18-4-2-3-5-20(18)25(21)14-17(27)13-24-10-8-22-9-11-24;20-14-5-6-19-17(11-14)16-3-1-2-4-18(16)23(19)13-15(24)12-22-9-7-21-8-10-22/h1-13,21,31H,14-20H2;1-13,21,30H,14-19H2;2-7,12,17,22,27H,8-11,13-14H2,1H3,(H,23,26);1-6,11,15,21,24H,7-10,12-13,20H2. The molecule has 4 aromatic heterocycles. The lowest BCUT2D eigenvalue weighted by molar-refractivity contribution is -0.135. The van der Waals surface area contributed by atoms with Gasteiger partial charge in [-0.3, -0.25) is 34.0 Å². The number of nitrogens with two attached hydrogens (primary N) is 1. The Morgan fingerprint density at radius 3 is 1.05 bits per heavy atom. The normalized spacial score (nSPS) is 16.4. The van der Waals surface area contributed by atoms with Crippen molar-refractivity contribution in [1.82, 2.24) is 58.3 Å². The third-order valence-corrected chi connectivity index (χ3v) is 22.6. The zero-order chi connectivity index (χ0) is 79.2. The topological polar surface area (TPSA) is 243 Å². The lowest BCUT2D eigenvalue weighted by atomic mass is 10.1. The largest absolute Gasteiger partial charge is 0.484 e. The molecule has 14 aromatic rings. The SMILES string of the molecule is CC(=O)Nc1ccc2c(c1)c1ccccc1n2CC(O)CN1CCNCC1.Nc1ccc2c(c1)c1ccccc1n2CC(O)CN1CCNCC1.O=C(COc1ccccc1)N1CCN(CC(O)Cn2c3ccccc3c3ccccc32)CC1.O=C(c1ccccc1)N1CCN(CC(O)Cn2c3ccccc3c3ccccc32)CC1. The number of ether oxygens (including phenoxy) is 1. The van der Waals surface area contributed by atoms with Crippen LogP contribution < -0.4 is 26.4 Å². The Hall–Kier alpha value is -11.0. The summed E-state index contributed by atoms with van der Waals surface area (Å²) in [4.78, 5) is 49.4. The van der Waals surface area contributed by atoms with Gasteiger partial charge in [0.1, 0.15) is 5.75 Å². The van der Waals surface area contributed by atoms with E-state index in [1.807, 2.05) is 149 Å². The van der Waals surface area contributed by atoms with Gasteiger partial charge in [0.25, 0.3) is 11.8 Å². The molecule has 18 rings (SSSR count). The number of aromatic nitrogens is 4. The van der Waals surface area contributed by atoms with Crippen molar-refractivity contribution in [3.05, 3.63) is 248 Å². The fourth-order valence-corrected chi connectivity index (χ4v) is 17.1. The third-order valence-electron chi connectivity index (χ3n) is 22.6. The number of carbonyl (C=O) groups excluding carboxylic acids is 3. The number of benzene rings is 10. The van der Waals surface area contributed by atoms with E-state index in [1.165, 1.54) is 33.9 Å². The van der Waals surface area contributed by atoms with Crippen LogP contribution in [-0.4, -0.2) is 248 Å². The van der Waals surface area contributed by atoms with Crippen molar-refractivity contribution in [1.29, 1.82) is 0 Å². The molecular weight excluding hydrogens is 1440 g/mol. The van der Waals surface area contributed by atoms with Crippen LogP contribution >= 0.6 is 0 Å². The maximum atomic E-state index is 12.6. The predicted octanol–water partition coefficient (Wildman–Crippen LogP) is 10.7. The molecule has 4 atom stereocenters. The summed E-state index contributed by atoms with van der Waals surface area (Å²) >= 11 is 0. The fraction of sp³-hybridized carbons (Fsp3) is 0.323. The van der Waals surface area contributed by atoms with Gasteiger partial charge in [0, 0.05) is 242 Å². The number of β-amino-alcohol motifs (C(OH)–C–C–N with tert-alkyl or cyclic N) is 4. The van der Waals surface area contributed by atoms with E-state index in [9.17, 15) is 34.8 Å². The number of nitrogen functional groups attached to an aromatic ring is 1. The highest BCUT2D eigenvalue weighted by Gasteiger charge is 2.28. The van der Waals surface area contributed by atoms with Crippen LogP contribution in [0.5, 0.6) is 5.75 Å². The van der Waals surface area contributed by atoms with Gasteiger partial charge in [-0.2, -0.15) is 0 Å². The monoisotopic (exact) mass is 1550 g/mol. The molecule has 4 aliphatic heterocycles. The maximum absolute atomic E-state index is 12.6. The molecule has 0 saturated carbocycles. The van der Waals surface area contributed by atoms with Crippen LogP contribution in [-0.2, 0) is 35.8 Å². The van der Waals surface area contributed by atoms with E-state index in [1.54, 1.807) is 0 Å². The molecule has 4 unspecified atom stereocenters. The number of piperazine rings is 4. The van der Waals surface area contributed by atoms with Gasteiger partial charge in [-0.05, 0) is 97.1 Å². The summed E-state index contributed by atoms with van der Waals surface area (Å²) < 4.78 is 14.4. The number of hydrogen-bond acceptors (Lipinski definition) is 15. The van der Waals surface area contributed by atoms with Gasteiger partial charge < -0.3 is 74.9 Å². The highest BCUT2D eigenvalue weighted by Crippen LogP contribution is 2.35. The first kappa shape index (κ1) is 79.2. The van der Waals surface area contributed by atoms with Gasteiger partial charge in [0.15, 0.2) is 6.61 Å². The second-order valence-corrected chi connectivity index (χ2v) is 30.7. The molecule has 115 heavy (non-hydrogen) atoms. The quantitative estimate of drug-likeness (QED) is 0.0312. The van der Waals surface area contributed by atoms with Gasteiger partial charge in [-0.25, -0.2) is 0 Å². The number of aliphatic hydroxyl groups is 4. The molecule has 22 heteroatoms. The summed E-state index contributed by atoms with van der Waals surface area (Å²) in [5.74, 6) is 0.720. The lowest BCUT2D eigenvalue weighted by Crippen LogP contribution is -2.51. The van der Waals surface area contributed by atoms with Crippen molar-refractivity contribution >= 4 is 116 Å². The smallest absolute Gasteiger partial charge is 0.260 e. The van der Waals surface area contributed by atoms with E-state index < -0.39 is 18.3 Å². The average Bonchev–Trinajstić information content (AvgIpc) is 1.63. The number of rotatable bonds is 21. The van der Waals surface area contributed by atoms with Crippen LogP contribution in [0.4, 0.5) is 11.4 Å². The van der Waals surface area contributed by atoms with E-state index in [0.717, 1.165) is 156 Å². The Kier molecular flexibility index (Phi) is 25.9. The molecule has 4 aliphatic rings. The van der Waals surface area contributed by atoms with Crippen molar-refractivity contribution in [2.45, 2.75) is 57.5 Å².